The van der Waals surface area contributed by atoms with Crippen molar-refractivity contribution < 1.29 is 27.6 Å². The van der Waals surface area contributed by atoms with Gasteiger partial charge in [-0.3, -0.25) is 4.98 Å². The zero-order valence-electron chi connectivity index (χ0n) is 16.1. The Morgan fingerprint density at radius 3 is 2.47 bits per heavy atom. The molecule has 0 aliphatic rings. The predicted octanol–water partition coefficient (Wildman–Crippen LogP) is 4.99. The van der Waals surface area contributed by atoms with Crippen LogP contribution in [0.15, 0.2) is 59.4 Å². The minimum absolute atomic E-state index is 0.680. The standard InChI is InChI=1S/C19H17N3O.C2HF3O2/c1-13-5-3-4-6-17(13)15-10-19-18(20-11-15)7-8-22(19)12-16-9-14(2)23-21-16;3-2(4,5)1(6)7/h3-11H,12H2,1-2H3;(H,6,7). The number of aromatic nitrogens is 3. The van der Waals surface area contributed by atoms with Gasteiger partial charge in [0, 0.05) is 24.0 Å². The lowest BCUT2D eigenvalue weighted by molar-refractivity contribution is -0.192. The first kappa shape index (κ1) is 21.1. The summed E-state index contributed by atoms with van der Waals surface area (Å²) in [6.45, 7) is 4.71. The monoisotopic (exact) mass is 417 g/mol. The number of aryl methyl sites for hydroxylation is 2. The summed E-state index contributed by atoms with van der Waals surface area (Å²) in [5, 5.41) is 11.2. The van der Waals surface area contributed by atoms with E-state index in [0.717, 1.165) is 28.1 Å². The van der Waals surface area contributed by atoms with E-state index in [1.54, 1.807) is 0 Å². The number of alkyl halides is 3. The quantitative estimate of drug-likeness (QED) is 0.508. The van der Waals surface area contributed by atoms with E-state index in [-0.39, 0.29) is 0 Å². The fourth-order valence-corrected chi connectivity index (χ4v) is 2.91. The molecule has 0 unspecified atom stereocenters. The summed E-state index contributed by atoms with van der Waals surface area (Å²) in [6.07, 6.45) is -1.10. The highest BCUT2D eigenvalue weighted by Gasteiger charge is 2.38. The molecule has 0 saturated heterocycles. The number of nitrogens with zero attached hydrogens (tertiary/aromatic N) is 3. The molecule has 1 aromatic carbocycles. The molecule has 0 spiro atoms. The van der Waals surface area contributed by atoms with Crippen LogP contribution in [0.3, 0.4) is 0 Å². The Morgan fingerprint density at radius 1 is 1.17 bits per heavy atom. The van der Waals surface area contributed by atoms with E-state index >= 15 is 0 Å². The molecule has 0 saturated carbocycles. The van der Waals surface area contributed by atoms with Gasteiger partial charge < -0.3 is 14.2 Å². The van der Waals surface area contributed by atoms with E-state index in [0.29, 0.717) is 6.54 Å². The number of halogens is 3. The van der Waals surface area contributed by atoms with Crippen molar-refractivity contribution in [3.8, 4) is 11.1 Å². The Balaban J connectivity index is 0.000000318. The first-order valence-corrected chi connectivity index (χ1v) is 8.88. The Labute approximate surface area is 169 Å². The molecule has 30 heavy (non-hydrogen) atoms. The summed E-state index contributed by atoms with van der Waals surface area (Å²) in [6, 6.07) is 14.6. The molecule has 6 nitrogen and oxygen atoms in total. The third-order valence-electron chi connectivity index (χ3n) is 4.33. The van der Waals surface area contributed by atoms with Crippen LogP contribution in [0.4, 0.5) is 13.2 Å². The molecule has 0 aliphatic heterocycles. The van der Waals surface area contributed by atoms with Gasteiger partial charge in [0.05, 0.1) is 17.6 Å². The van der Waals surface area contributed by atoms with Gasteiger partial charge in [-0.25, -0.2) is 4.79 Å². The number of carboxylic acid groups (broad SMARTS) is 1. The number of carbonyl (C=O) groups is 1. The van der Waals surface area contributed by atoms with Gasteiger partial charge in [-0.05, 0) is 37.1 Å². The van der Waals surface area contributed by atoms with Gasteiger partial charge >= 0.3 is 12.1 Å². The second-order valence-electron chi connectivity index (χ2n) is 6.62. The molecule has 9 heteroatoms. The van der Waals surface area contributed by atoms with Crippen molar-refractivity contribution in [3.05, 3.63) is 71.9 Å². The molecule has 0 bridgehead atoms. The molecule has 4 rings (SSSR count). The van der Waals surface area contributed by atoms with Crippen molar-refractivity contribution in [2.75, 3.05) is 0 Å². The lowest BCUT2D eigenvalue weighted by atomic mass is 10.0. The summed E-state index contributed by atoms with van der Waals surface area (Å²) in [5.41, 5.74) is 6.60. The van der Waals surface area contributed by atoms with Crippen LogP contribution in [0.2, 0.25) is 0 Å². The van der Waals surface area contributed by atoms with Crippen LogP contribution in [0.5, 0.6) is 0 Å². The first-order chi connectivity index (χ1) is 14.1. The summed E-state index contributed by atoms with van der Waals surface area (Å²) in [7, 11) is 0. The van der Waals surface area contributed by atoms with Crippen LogP contribution in [0.25, 0.3) is 22.2 Å². The summed E-state index contributed by atoms with van der Waals surface area (Å²) < 4.78 is 39.0. The molecule has 0 amide bonds. The predicted molar refractivity (Wildman–Crippen MR) is 104 cm³/mol. The van der Waals surface area contributed by atoms with E-state index in [4.69, 9.17) is 14.4 Å². The third kappa shape index (κ3) is 4.86. The molecule has 0 atom stereocenters. The minimum atomic E-state index is -5.08. The van der Waals surface area contributed by atoms with Crippen molar-refractivity contribution in [3.63, 3.8) is 0 Å². The number of benzene rings is 1. The highest BCUT2D eigenvalue weighted by molar-refractivity contribution is 5.82. The molecule has 0 aliphatic carbocycles. The van der Waals surface area contributed by atoms with Crippen molar-refractivity contribution in [2.24, 2.45) is 0 Å². The van der Waals surface area contributed by atoms with E-state index < -0.39 is 12.1 Å². The number of aliphatic carboxylic acids is 1. The maximum atomic E-state index is 10.6. The largest absolute Gasteiger partial charge is 0.490 e. The Morgan fingerprint density at radius 2 is 1.87 bits per heavy atom. The van der Waals surface area contributed by atoms with Gasteiger partial charge in [0.25, 0.3) is 0 Å². The average Bonchev–Trinajstić information content (AvgIpc) is 3.28. The van der Waals surface area contributed by atoms with E-state index in [2.05, 4.69) is 52.0 Å². The maximum absolute atomic E-state index is 10.6. The highest BCUT2D eigenvalue weighted by Crippen LogP contribution is 2.26. The molecule has 156 valence electrons. The fraction of sp³-hybridized carbons (Fsp3) is 0.190. The van der Waals surface area contributed by atoms with Gasteiger partial charge in [-0.15, -0.1) is 0 Å². The van der Waals surface area contributed by atoms with Crippen LogP contribution in [0.1, 0.15) is 17.0 Å². The van der Waals surface area contributed by atoms with Crippen LogP contribution in [-0.4, -0.2) is 32.0 Å². The smallest absolute Gasteiger partial charge is 0.475 e. The molecule has 4 aromatic rings. The lowest BCUT2D eigenvalue weighted by Crippen LogP contribution is -2.21. The van der Waals surface area contributed by atoms with Gasteiger partial charge in [-0.1, -0.05) is 29.4 Å². The number of hydrogen-bond donors (Lipinski definition) is 1. The van der Waals surface area contributed by atoms with Crippen LogP contribution < -0.4 is 0 Å². The van der Waals surface area contributed by atoms with Crippen molar-refractivity contribution >= 4 is 17.0 Å². The van der Waals surface area contributed by atoms with Crippen LogP contribution >= 0.6 is 0 Å². The second-order valence-corrected chi connectivity index (χ2v) is 6.62. The SMILES string of the molecule is Cc1cc(Cn2ccc3ncc(-c4ccccc4C)cc32)no1.O=C(O)C(F)(F)F. The van der Waals surface area contributed by atoms with Crippen molar-refractivity contribution in [2.45, 2.75) is 26.6 Å². The number of pyridine rings is 1. The van der Waals surface area contributed by atoms with Crippen LogP contribution in [0, 0.1) is 13.8 Å². The molecule has 1 N–H and O–H groups in total. The van der Waals surface area contributed by atoms with E-state index in [1.165, 1.54) is 11.1 Å². The summed E-state index contributed by atoms with van der Waals surface area (Å²) in [4.78, 5) is 13.5. The molecule has 3 heterocycles. The summed E-state index contributed by atoms with van der Waals surface area (Å²) in [5.74, 6) is -1.93. The molecule has 3 aromatic heterocycles. The molecular formula is C21H18F3N3O3. The normalized spacial score (nSPS) is 11.2. The number of hydrogen-bond acceptors (Lipinski definition) is 4. The average molecular weight is 417 g/mol. The molecule has 0 fully saturated rings. The Bertz CT molecular complexity index is 1180. The van der Waals surface area contributed by atoms with E-state index in [1.807, 2.05) is 31.5 Å². The van der Waals surface area contributed by atoms with E-state index in [9.17, 15) is 13.2 Å². The Kier molecular flexibility index (Phi) is 5.91. The zero-order valence-corrected chi connectivity index (χ0v) is 16.1. The maximum Gasteiger partial charge on any atom is 0.490 e. The number of carboxylic acids is 1. The molecule has 0 radical (unpaired) electrons. The van der Waals surface area contributed by atoms with Crippen molar-refractivity contribution in [1.82, 2.24) is 14.7 Å². The van der Waals surface area contributed by atoms with Gasteiger partial charge in [0.15, 0.2) is 0 Å². The van der Waals surface area contributed by atoms with Gasteiger partial charge in [0.2, 0.25) is 0 Å². The lowest BCUT2D eigenvalue weighted by Gasteiger charge is -2.07. The second kappa shape index (κ2) is 8.40. The molecular weight excluding hydrogens is 399 g/mol. The van der Waals surface area contributed by atoms with Gasteiger partial charge in [0.1, 0.15) is 11.5 Å². The topological polar surface area (TPSA) is 81.2 Å². The highest BCUT2D eigenvalue weighted by atomic mass is 19.4. The van der Waals surface area contributed by atoms with Crippen LogP contribution in [-0.2, 0) is 11.3 Å². The zero-order chi connectivity index (χ0) is 21.9. The first-order valence-electron chi connectivity index (χ1n) is 8.88. The fourth-order valence-electron chi connectivity index (χ4n) is 2.91. The third-order valence-corrected chi connectivity index (χ3v) is 4.33. The minimum Gasteiger partial charge on any atom is -0.475 e. The summed E-state index contributed by atoms with van der Waals surface area (Å²) >= 11 is 0. The number of rotatable bonds is 3. The van der Waals surface area contributed by atoms with Gasteiger partial charge in [-0.2, -0.15) is 13.2 Å². The number of fused-ring (bicyclic) bond motifs is 1. The van der Waals surface area contributed by atoms with Crippen molar-refractivity contribution in [1.29, 1.82) is 0 Å². The Hall–Kier alpha value is -3.62.